The Balaban J connectivity index is 1.37. The number of aromatic carboxylic acids is 1. The van der Waals surface area contributed by atoms with E-state index in [1.807, 2.05) is 13.0 Å². The van der Waals surface area contributed by atoms with E-state index in [2.05, 4.69) is 30.7 Å². The van der Waals surface area contributed by atoms with Gasteiger partial charge < -0.3 is 24.0 Å². The number of carboxylic acids is 1. The topological polar surface area (TPSA) is 115 Å². The van der Waals surface area contributed by atoms with E-state index in [4.69, 9.17) is 13.9 Å². The standard InChI is InChI=1S/C28H34N2O6/c1-15-10-11-28(17(3)13-16(2)26(36-28)18(4)25(31)20-8-6-12-29-20)35-22(15)14-23-30-24-19(27(32)33)7-5-9-21(24)34-23/h5-9,12,15-18,22,26,29H,10-11,13-14H2,1-4H3,(H,32,33). The second kappa shape index (κ2) is 9.48. The minimum atomic E-state index is -1.03. The minimum Gasteiger partial charge on any atom is -0.478 e. The summed E-state index contributed by atoms with van der Waals surface area (Å²) in [4.78, 5) is 32.2. The van der Waals surface area contributed by atoms with Crippen molar-refractivity contribution in [1.29, 1.82) is 0 Å². The van der Waals surface area contributed by atoms with Crippen LogP contribution < -0.4 is 0 Å². The normalized spacial score (nSPS) is 31.5. The number of carboxylic acid groups (broad SMARTS) is 1. The highest BCUT2D eigenvalue weighted by molar-refractivity contribution is 6.00. The van der Waals surface area contributed by atoms with Gasteiger partial charge in [0, 0.05) is 24.5 Å². The monoisotopic (exact) mass is 494 g/mol. The first kappa shape index (κ1) is 24.7. The average molecular weight is 495 g/mol. The Bertz CT molecular complexity index is 1250. The zero-order chi connectivity index (χ0) is 25.6. The molecule has 5 rings (SSSR count). The van der Waals surface area contributed by atoms with Gasteiger partial charge in [-0.05, 0) is 48.9 Å². The molecule has 1 aromatic carbocycles. The summed E-state index contributed by atoms with van der Waals surface area (Å²) in [5, 5.41) is 9.49. The Morgan fingerprint density at radius 3 is 2.69 bits per heavy atom. The summed E-state index contributed by atoms with van der Waals surface area (Å²) in [6.07, 6.45) is 4.30. The Hall–Kier alpha value is -2.97. The van der Waals surface area contributed by atoms with Crippen molar-refractivity contribution in [3.63, 3.8) is 0 Å². The number of carbonyl (C=O) groups excluding carboxylic acids is 1. The van der Waals surface area contributed by atoms with E-state index in [1.54, 1.807) is 24.4 Å². The van der Waals surface area contributed by atoms with E-state index in [1.165, 1.54) is 6.07 Å². The molecule has 0 bridgehead atoms. The molecular formula is C28H34N2O6. The van der Waals surface area contributed by atoms with Gasteiger partial charge in [0.05, 0.1) is 29.9 Å². The van der Waals surface area contributed by atoms with Gasteiger partial charge in [-0.3, -0.25) is 4.79 Å². The first-order valence-electron chi connectivity index (χ1n) is 12.8. The summed E-state index contributed by atoms with van der Waals surface area (Å²) in [7, 11) is 0. The smallest absolute Gasteiger partial charge is 0.338 e. The van der Waals surface area contributed by atoms with Gasteiger partial charge in [-0.15, -0.1) is 0 Å². The number of ketones is 1. The largest absolute Gasteiger partial charge is 0.478 e. The Labute approximate surface area is 210 Å². The molecular weight excluding hydrogens is 460 g/mol. The number of benzene rings is 1. The van der Waals surface area contributed by atoms with Crippen molar-refractivity contribution in [2.45, 2.75) is 71.4 Å². The second-order valence-corrected chi connectivity index (χ2v) is 10.7. The lowest BCUT2D eigenvalue weighted by molar-refractivity contribution is -0.355. The second-order valence-electron chi connectivity index (χ2n) is 10.7. The van der Waals surface area contributed by atoms with Crippen LogP contribution in [0.1, 0.15) is 73.7 Å². The van der Waals surface area contributed by atoms with Crippen LogP contribution in [0, 0.1) is 23.7 Å². The van der Waals surface area contributed by atoms with Crippen LogP contribution in [0.3, 0.4) is 0 Å². The maximum Gasteiger partial charge on any atom is 0.338 e. The number of fused-ring (bicyclic) bond motifs is 1. The van der Waals surface area contributed by atoms with Crippen LogP contribution >= 0.6 is 0 Å². The van der Waals surface area contributed by atoms with Crippen LogP contribution in [0.15, 0.2) is 40.9 Å². The van der Waals surface area contributed by atoms with Gasteiger partial charge in [0.2, 0.25) is 0 Å². The number of H-pyrrole nitrogens is 1. The molecule has 8 heteroatoms. The van der Waals surface area contributed by atoms with Crippen LogP contribution in [0.25, 0.3) is 11.1 Å². The van der Waals surface area contributed by atoms with Gasteiger partial charge in [0.15, 0.2) is 23.0 Å². The molecule has 2 aromatic heterocycles. The third-order valence-electron chi connectivity index (χ3n) is 8.15. The summed E-state index contributed by atoms with van der Waals surface area (Å²) in [5.74, 6) is -1.00. The number of nitrogens with one attached hydrogen (secondary N) is 1. The zero-order valence-corrected chi connectivity index (χ0v) is 21.2. The van der Waals surface area contributed by atoms with E-state index in [0.29, 0.717) is 29.1 Å². The number of hydrogen-bond donors (Lipinski definition) is 2. The van der Waals surface area contributed by atoms with E-state index >= 15 is 0 Å². The third-order valence-corrected chi connectivity index (χ3v) is 8.15. The fourth-order valence-corrected chi connectivity index (χ4v) is 5.97. The van der Waals surface area contributed by atoms with E-state index in [-0.39, 0.29) is 47.2 Å². The summed E-state index contributed by atoms with van der Waals surface area (Å²) in [5.41, 5.74) is 1.53. The fraction of sp³-hybridized carbons (Fsp3) is 0.536. The van der Waals surface area contributed by atoms with Gasteiger partial charge in [-0.1, -0.05) is 33.8 Å². The zero-order valence-electron chi connectivity index (χ0n) is 21.2. The Morgan fingerprint density at radius 2 is 1.97 bits per heavy atom. The first-order chi connectivity index (χ1) is 17.2. The molecule has 2 aliphatic heterocycles. The van der Waals surface area contributed by atoms with Crippen LogP contribution in [0.2, 0.25) is 0 Å². The lowest BCUT2D eigenvalue weighted by Gasteiger charge is -2.53. The Morgan fingerprint density at radius 1 is 1.17 bits per heavy atom. The molecule has 1 spiro atoms. The minimum absolute atomic E-state index is 0.0444. The molecule has 3 aromatic rings. The summed E-state index contributed by atoms with van der Waals surface area (Å²) < 4.78 is 19.4. The number of Topliss-reactive ketones (excluding diaryl/α,β-unsaturated/α-hetero) is 1. The van der Waals surface area contributed by atoms with Crippen LogP contribution in [0.5, 0.6) is 0 Å². The number of aromatic amines is 1. The molecule has 192 valence electrons. The molecule has 0 aliphatic carbocycles. The molecule has 2 saturated heterocycles. The van der Waals surface area contributed by atoms with Crippen LogP contribution in [0.4, 0.5) is 0 Å². The van der Waals surface area contributed by atoms with Crippen molar-refractivity contribution in [3.05, 3.63) is 53.7 Å². The maximum atomic E-state index is 13.1. The summed E-state index contributed by atoms with van der Waals surface area (Å²) in [6.45, 7) is 8.40. The van der Waals surface area contributed by atoms with Gasteiger partial charge in [-0.25, -0.2) is 9.78 Å². The molecule has 0 radical (unpaired) electrons. The molecule has 2 N–H and O–H groups in total. The number of ether oxygens (including phenoxy) is 2. The highest BCUT2D eigenvalue weighted by Crippen LogP contribution is 2.48. The van der Waals surface area contributed by atoms with Gasteiger partial charge >= 0.3 is 5.97 Å². The molecule has 2 aliphatic rings. The average Bonchev–Trinajstić information content (AvgIpc) is 3.52. The summed E-state index contributed by atoms with van der Waals surface area (Å²) in [6, 6.07) is 8.54. The van der Waals surface area contributed by atoms with Crippen molar-refractivity contribution >= 4 is 22.9 Å². The molecule has 36 heavy (non-hydrogen) atoms. The van der Waals surface area contributed by atoms with E-state index < -0.39 is 11.8 Å². The highest BCUT2D eigenvalue weighted by Gasteiger charge is 2.52. The van der Waals surface area contributed by atoms with Gasteiger partial charge in [-0.2, -0.15) is 0 Å². The van der Waals surface area contributed by atoms with Gasteiger partial charge in [0.25, 0.3) is 0 Å². The predicted molar refractivity (Wildman–Crippen MR) is 133 cm³/mol. The molecule has 2 fully saturated rings. The predicted octanol–water partition coefficient (Wildman–Crippen LogP) is 5.49. The lowest BCUT2D eigenvalue weighted by atomic mass is 9.75. The number of nitrogens with zero attached hydrogens (tertiary/aromatic N) is 1. The number of hydrogen-bond acceptors (Lipinski definition) is 6. The quantitative estimate of drug-likeness (QED) is 0.436. The number of para-hydroxylation sites is 1. The van der Waals surface area contributed by atoms with Crippen molar-refractivity contribution in [3.8, 4) is 0 Å². The van der Waals surface area contributed by atoms with Gasteiger partial charge in [0.1, 0.15) is 5.52 Å². The van der Waals surface area contributed by atoms with Crippen molar-refractivity contribution in [2.75, 3.05) is 0 Å². The Kier molecular flexibility index (Phi) is 6.51. The fourth-order valence-electron chi connectivity index (χ4n) is 5.97. The lowest BCUT2D eigenvalue weighted by Crippen LogP contribution is -2.58. The first-order valence-corrected chi connectivity index (χ1v) is 12.8. The molecule has 4 heterocycles. The highest BCUT2D eigenvalue weighted by atomic mass is 16.7. The molecule has 0 saturated carbocycles. The molecule has 8 nitrogen and oxygen atoms in total. The number of carbonyl (C=O) groups is 2. The maximum absolute atomic E-state index is 13.1. The summed E-state index contributed by atoms with van der Waals surface area (Å²) >= 11 is 0. The SMILES string of the molecule is CC1CCC2(OC1Cc1nc3c(C(=O)O)cccc3o1)OC(C(C)C(=O)c1ccc[nH]1)C(C)CC2C. The number of oxazole rings is 1. The number of rotatable bonds is 6. The van der Waals surface area contributed by atoms with Crippen LogP contribution in [-0.2, 0) is 15.9 Å². The van der Waals surface area contributed by atoms with Crippen molar-refractivity contribution in [1.82, 2.24) is 9.97 Å². The van der Waals surface area contributed by atoms with Crippen molar-refractivity contribution in [2.24, 2.45) is 23.7 Å². The van der Waals surface area contributed by atoms with E-state index in [9.17, 15) is 14.7 Å². The van der Waals surface area contributed by atoms with Crippen LogP contribution in [-0.4, -0.2) is 44.8 Å². The molecule has 7 unspecified atom stereocenters. The molecule has 0 amide bonds. The molecule has 7 atom stereocenters. The third kappa shape index (κ3) is 4.37. The van der Waals surface area contributed by atoms with Crippen molar-refractivity contribution < 1.29 is 28.6 Å². The number of aromatic nitrogens is 2. The van der Waals surface area contributed by atoms with E-state index in [0.717, 1.165) is 19.3 Å².